The number of halogens is 1. The fraction of sp³-hybridized carbons (Fsp3) is 0.353. The molecule has 116 valence electrons. The van der Waals surface area contributed by atoms with Crippen LogP contribution in [0.3, 0.4) is 0 Å². The molecule has 22 heavy (non-hydrogen) atoms. The number of carbonyl (C=O) groups is 1. The first kappa shape index (κ1) is 15.1. The van der Waals surface area contributed by atoms with Crippen LogP contribution in [0.2, 0.25) is 5.02 Å². The number of nitrogens with zero attached hydrogens (tertiary/aromatic N) is 1. The van der Waals surface area contributed by atoms with Gasteiger partial charge in [-0.05, 0) is 56.0 Å². The molecular formula is C17H19ClN2O2. The Kier molecular flexibility index (Phi) is 4.50. The van der Waals surface area contributed by atoms with Gasteiger partial charge in [-0.15, -0.1) is 0 Å². The number of hydrogen-bond acceptors (Lipinski definition) is 2. The van der Waals surface area contributed by atoms with Gasteiger partial charge in [0.05, 0.1) is 18.0 Å². The molecule has 1 N–H and O–H groups in total. The number of aromatic nitrogens is 1. The highest BCUT2D eigenvalue weighted by atomic mass is 35.5. The predicted octanol–water partition coefficient (Wildman–Crippen LogP) is 3.88. The number of rotatable bonds is 6. The lowest BCUT2D eigenvalue weighted by atomic mass is 10.2. The van der Waals surface area contributed by atoms with Crippen molar-refractivity contribution in [3.63, 3.8) is 0 Å². The molecule has 1 atom stereocenters. The first-order valence-electron chi connectivity index (χ1n) is 7.49. The number of benzene rings is 1. The minimum atomic E-state index is -0.464. The van der Waals surface area contributed by atoms with Crippen molar-refractivity contribution in [1.82, 2.24) is 4.57 Å². The van der Waals surface area contributed by atoms with E-state index in [-0.39, 0.29) is 5.91 Å². The molecule has 1 unspecified atom stereocenters. The molecule has 2 aromatic rings. The Bertz CT molecular complexity index is 651. The third kappa shape index (κ3) is 3.70. The third-order valence-corrected chi connectivity index (χ3v) is 3.98. The van der Waals surface area contributed by atoms with Gasteiger partial charge in [-0.3, -0.25) is 4.79 Å². The van der Waals surface area contributed by atoms with Crippen LogP contribution in [0.15, 0.2) is 42.7 Å². The fourth-order valence-corrected chi connectivity index (χ4v) is 2.36. The van der Waals surface area contributed by atoms with Crippen LogP contribution in [0, 0.1) is 5.92 Å². The summed E-state index contributed by atoms with van der Waals surface area (Å²) >= 11 is 6.07. The zero-order chi connectivity index (χ0) is 15.5. The van der Waals surface area contributed by atoms with Crippen molar-refractivity contribution in [2.24, 2.45) is 5.92 Å². The van der Waals surface area contributed by atoms with Crippen molar-refractivity contribution >= 4 is 23.2 Å². The second-order valence-corrected chi connectivity index (χ2v) is 6.10. The summed E-state index contributed by atoms with van der Waals surface area (Å²) in [7, 11) is 0. The van der Waals surface area contributed by atoms with E-state index in [4.69, 9.17) is 16.3 Å². The molecule has 0 radical (unpaired) electrons. The van der Waals surface area contributed by atoms with Crippen LogP contribution in [-0.2, 0) is 9.53 Å². The summed E-state index contributed by atoms with van der Waals surface area (Å²) in [6.07, 6.45) is 5.78. The Balaban J connectivity index is 1.72. The molecule has 0 aliphatic heterocycles. The van der Waals surface area contributed by atoms with Crippen LogP contribution >= 0.6 is 11.6 Å². The van der Waals surface area contributed by atoms with E-state index in [0.717, 1.165) is 5.69 Å². The maximum Gasteiger partial charge on any atom is 0.253 e. The van der Waals surface area contributed by atoms with Crippen molar-refractivity contribution in [2.45, 2.75) is 25.9 Å². The Morgan fingerprint density at radius 1 is 1.41 bits per heavy atom. The van der Waals surface area contributed by atoms with E-state index in [1.165, 1.54) is 12.8 Å². The number of ether oxygens (including phenoxy) is 1. The van der Waals surface area contributed by atoms with Gasteiger partial charge in [0.2, 0.25) is 0 Å². The summed E-state index contributed by atoms with van der Waals surface area (Å²) in [5.41, 5.74) is 1.55. The van der Waals surface area contributed by atoms with Gasteiger partial charge >= 0.3 is 0 Å². The average Bonchev–Trinajstić information content (AvgIpc) is 3.18. The minimum absolute atomic E-state index is 0.142. The highest BCUT2D eigenvalue weighted by Crippen LogP contribution is 2.29. The Morgan fingerprint density at radius 2 is 2.14 bits per heavy atom. The van der Waals surface area contributed by atoms with Crippen molar-refractivity contribution in [3.8, 4) is 5.69 Å². The molecule has 1 heterocycles. The molecule has 1 saturated carbocycles. The standard InChI is InChI=1S/C17H19ClN2O2/c1-12(22-11-13-4-5-13)17(21)19-15-7-6-14(18)10-16(15)20-8-2-3-9-20/h2-3,6-10,12-13H,4-5,11H2,1H3,(H,19,21). The van der Waals surface area contributed by atoms with Crippen molar-refractivity contribution in [2.75, 3.05) is 11.9 Å². The Labute approximate surface area is 135 Å². The van der Waals surface area contributed by atoms with Crippen LogP contribution < -0.4 is 5.32 Å². The average molecular weight is 319 g/mol. The Morgan fingerprint density at radius 3 is 2.82 bits per heavy atom. The first-order chi connectivity index (χ1) is 10.6. The number of anilines is 1. The van der Waals surface area contributed by atoms with Crippen LogP contribution in [0.25, 0.3) is 5.69 Å². The van der Waals surface area contributed by atoms with Crippen molar-refractivity contribution in [3.05, 3.63) is 47.7 Å². The number of carbonyl (C=O) groups excluding carboxylic acids is 1. The summed E-state index contributed by atoms with van der Waals surface area (Å²) in [5.74, 6) is 0.498. The van der Waals surface area contributed by atoms with E-state index >= 15 is 0 Å². The lowest BCUT2D eigenvalue weighted by molar-refractivity contribution is -0.126. The van der Waals surface area contributed by atoms with Gasteiger partial charge in [0, 0.05) is 17.4 Å². The molecule has 1 aromatic carbocycles. The zero-order valence-corrected chi connectivity index (χ0v) is 13.2. The van der Waals surface area contributed by atoms with Crippen LogP contribution in [0.5, 0.6) is 0 Å². The fourth-order valence-electron chi connectivity index (χ4n) is 2.19. The monoisotopic (exact) mass is 318 g/mol. The summed E-state index contributed by atoms with van der Waals surface area (Å²) < 4.78 is 7.52. The topological polar surface area (TPSA) is 43.3 Å². The van der Waals surface area contributed by atoms with Gasteiger partial charge in [-0.25, -0.2) is 0 Å². The maximum absolute atomic E-state index is 12.3. The highest BCUT2D eigenvalue weighted by Gasteiger charge is 2.24. The quantitative estimate of drug-likeness (QED) is 0.878. The van der Waals surface area contributed by atoms with Gasteiger partial charge in [0.15, 0.2) is 0 Å². The normalized spacial score (nSPS) is 15.5. The zero-order valence-electron chi connectivity index (χ0n) is 12.5. The third-order valence-electron chi connectivity index (χ3n) is 3.75. The molecule has 0 saturated heterocycles. The molecular weight excluding hydrogens is 300 g/mol. The molecule has 1 aliphatic carbocycles. The number of nitrogens with one attached hydrogen (secondary N) is 1. The lowest BCUT2D eigenvalue weighted by Crippen LogP contribution is -2.28. The Hall–Kier alpha value is -1.78. The molecule has 0 spiro atoms. The second kappa shape index (κ2) is 6.55. The smallest absolute Gasteiger partial charge is 0.253 e. The molecule has 1 aromatic heterocycles. The van der Waals surface area contributed by atoms with Gasteiger partial charge in [-0.2, -0.15) is 0 Å². The van der Waals surface area contributed by atoms with Gasteiger partial charge < -0.3 is 14.6 Å². The molecule has 0 bridgehead atoms. The van der Waals surface area contributed by atoms with Crippen molar-refractivity contribution in [1.29, 1.82) is 0 Å². The van der Waals surface area contributed by atoms with Gasteiger partial charge in [-0.1, -0.05) is 11.6 Å². The van der Waals surface area contributed by atoms with E-state index in [0.29, 0.717) is 23.2 Å². The number of hydrogen-bond donors (Lipinski definition) is 1. The van der Waals surface area contributed by atoms with Gasteiger partial charge in [0.25, 0.3) is 5.91 Å². The van der Waals surface area contributed by atoms with Crippen LogP contribution in [-0.4, -0.2) is 23.2 Å². The lowest BCUT2D eigenvalue weighted by Gasteiger charge is -2.16. The summed E-state index contributed by atoms with van der Waals surface area (Å²) in [4.78, 5) is 12.3. The summed E-state index contributed by atoms with van der Waals surface area (Å²) in [6.45, 7) is 2.45. The minimum Gasteiger partial charge on any atom is -0.368 e. The van der Waals surface area contributed by atoms with E-state index < -0.39 is 6.10 Å². The van der Waals surface area contributed by atoms with E-state index in [9.17, 15) is 4.79 Å². The summed E-state index contributed by atoms with van der Waals surface area (Å²) in [5, 5.41) is 3.55. The van der Waals surface area contributed by atoms with Gasteiger partial charge in [0.1, 0.15) is 6.10 Å². The van der Waals surface area contributed by atoms with Crippen molar-refractivity contribution < 1.29 is 9.53 Å². The van der Waals surface area contributed by atoms with E-state index in [2.05, 4.69) is 5.32 Å². The first-order valence-corrected chi connectivity index (χ1v) is 7.86. The van der Waals surface area contributed by atoms with Crippen LogP contribution in [0.4, 0.5) is 5.69 Å². The molecule has 1 fully saturated rings. The van der Waals surface area contributed by atoms with E-state index in [1.807, 2.05) is 41.2 Å². The molecule has 4 nitrogen and oxygen atoms in total. The molecule has 1 aliphatic rings. The highest BCUT2D eigenvalue weighted by molar-refractivity contribution is 6.30. The second-order valence-electron chi connectivity index (χ2n) is 5.66. The summed E-state index contributed by atoms with van der Waals surface area (Å²) in [6, 6.07) is 9.25. The predicted molar refractivity (Wildman–Crippen MR) is 87.5 cm³/mol. The van der Waals surface area contributed by atoms with Crippen LogP contribution in [0.1, 0.15) is 19.8 Å². The van der Waals surface area contributed by atoms with E-state index in [1.54, 1.807) is 13.0 Å². The molecule has 1 amide bonds. The molecule has 5 heteroatoms. The largest absolute Gasteiger partial charge is 0.368 e. The molecule has 3 rings (SSSR count). The number of amides is 1. The SMILES string of the molecule is CC(OCC1CC1)C(=O)Nc1ccc(Cl)cc1-n1cccc1. The maximum atomic E-state index is 12.3.